The molecule has 5 heteroatoms. The number of fused-ring (bicyclic) bond motifs is 1. The molecule has 0 aliphatic rings. The predicted molar refractivity (Wildman–Crippen MR) is 98.6 cm³/mol. The average molecular weight is 329 g/mol. The molecule has 130 valence electrons. The molecule has 3 N–H and O–H groups in total. The molecule has 0 saturated heterocycles. The third-order valence-electron chi connectivity index (χ3n) is 3.96. The summed E-state index contributed by atoms with van der Waals surface area (Å²) in [6.07, 6.45) is 0.506. The molecule has 0 aliphatic carbocycles. The van der Waals surface area contributed by atoms with E-state index in [1.165, 1.54) is 5.56 Å². The first-order valence-corrected chi connectivity index (χ1v) is 8.54. The molecule has 0 spiro atoms. The lowest BCUT2D eigenvalue weighted by atomic mass is 10.0. The number of hydrogen-bond acceptors (Lipinski definition) is 2. The van der Waals surface area contributed by atoms with Gasteiger partial charge in [0.25, 0.3) is 5.56 Å². The quantitative estimate of drug-likeness (QED) is 0.761. The van der Waals surface area contributed by atoms with Gasteiger partial charge in [-0.3, -0.25) is 4.79 Å². The van der Waals surface area contributed by atoms with Crippen LogP contribution < -0.4 is 16.2 Å². The Balaban J connectivity index is 2.04. The van der Waals surface area contributed by atoms with Crippen molar-refractivity contribution in [1.82, 2.24) is 15.6 Å². The maximum absolute atomic E-state index is 12.2. The molecule has 2 rings (SSSR count). The van der Waals surface area contributed by atoms with Crippen LogP contribution in [-0.2, 0) is 6.42 Å². The summed E-state index contributed by atoms with van der Waals surface area (Å²) >= 11 is 0. The number of amides is 2. The van der Waals surface area contributed by atoms with Gasteiger partial charge in [0.05, 0.1) is 0 Å². The van der Waals surface area contributed by atoms with Crippen molar-refractivity contribution < 1.29 is 4.79 Å². The van der Waals surface area contributed by atoms with Crippen LogP contribution in [0.5, 0.6) is 0 Å². The van der Waals surface area contributed by atoms with Crippen molar-refractivity contribution >= 4 is 16.9 Å². The molecule has 2 amide bonds. The molecular weight excluding hydrogens is 302 g/mol. The first-order valence-electron chi connectivity index (χ1n) is 8.54. The van der Waals surface area contributed by atoms with Crippen LogP contribution in [0.2, 0.25) is 0 Å². The molecule has 0 aliphatic heterocycles. The van der Waals surface area contributed by atoms with Gasteiger partial charge in [0.1, 0.15) is 0 Å². The number of H-pyrrole nitrogens is 1. The second-order valence-electron chi connectivity index (χ2n) is 6.91. The fourth-order valence-electron chi connectivity index (χ4n) is 2.49. The van der Waals surface area contributed by atoms with Gasteiger partial charge in [-0.25, -0.2) is 4.79 Å². The summed E-state index contributed by atoms with van der Waals surface area (Å²) in [4.78, 5) is 26.7. The summed E-state index contributed by atoms with van der Waals surface area (Å²) in [5.41, 5.74) is 2.68. The monoisotopic (exact) mass is 329 g/mol. The van der Waals surface area contributed by atoms with Gasteiger partial charge in [-0.2, -0.15) is 0 Å². The second-order valence-corrected chi connectivity index (χ2v) is 6.91. The Hall–Kier alpha value is -2.30. The van der Waals surface area contributed by atoms with Crippen molar-refractivity contribution in [2.75, 3.05) is 13.1 Å². The predicted octanol–water partition coefficient (Wildman–Crippen LogP) is 3.15. The van der Waals surface area contributed by atoms with Gasteiger partial charge >= 0.3 is 6.03 Å². The fraction of sp³-hybridized carbons (Fsp3) is 0.474. The number of rotatable bonds is 6. The molecule has 1 aromatic heterocycles. The number of aromatic nitrogens is 1. The van der Waals surface area contributed by atoms with Crippen LogP contribution in [0.15, 0.2) is 29.1 Å². The summed E-state index contributed by atoms with van der Waals surface area (Å²) in [7, 11) is 0. The Labute approximate surface area is 142 Å². The summed E-state index contributed by atoms with van der Waals surface area (Å²) in [5, 5.41) is 6.61. The average Bonchev–Trinajstić information content (AvgIpc) is 2.52. The number of nitrogens with one attached hydrogen (secondary N) is 3. The third kappa shape index (κ3) is 4.85. The zero-order valence-corrected chi connectivity index (χ0v) is 14.9. The van der Waals surface area contributed by atoms with Gasteiger partial charge in [-0.05, 0) is 47.4 Å². The van der Waals surface area contributed by atoms with E-state index in [0.29, 0.717) is 36.9 Å². The molecule has 0 bridgehead atoms. The minimum absolute atomic E-state index is 0.0933. The summed E-state index contributed by atoms with van der Waals surface area (Å²) < 4.78 is 0. The van der Waals surface area contributed by atoms with E-state index in [4.69, 9.17) is 0 Å². The van der Waals surface area contributed by atoms with E-state index in [1.54, 1.807) is 0 Å². The van der Waals surface area contributed by atoms with E-state index < -0.39 is 0 Å². The zero-order valence-electron chi connectivity index (χ0n) is 14.9. The van der Waals surface area contributed by atoms with E-state index in [-0.39, 0.29) is 11.6 Å². The van der Waals surface area contributed by atoms with Crippen molar-refractivity contribution in [2.45, 2.75) is 40.0 Å². The summed E-state index contributed by atoms with van der Waals surface area (Å²) in [6, 6.07) is 7.84. The number of pyridine rings is 1. The lowest BCUT2D eigenvalue weighted by Crippen LogP contribution is -2.38. The van der Waals surface area contributed by atoms with Crippen LogP contribution in [0, 0.1) is 5.92 Å². The molecule has 0 fully saturated rings. The maximum Gasteiger partial charge on any atom is 0.314 e. The molecule has 1 heterocycles. The van der Waals surface area contributed by atoms with Gasteiger partial charge in [-0.15, -0.1) is 0 Å². The molecule has 5 nitrogen and oxygen atoms in total. The maximum atomic E-state index is 12.2. The van der Waals surface area contributed by atoms with Crippen molar-refractivity contribution in [2.24, 2.45) is 5.92 Å². The zero-order chi connectivity index (χ0) is 17.7. The SMILES string of the molecule is CC(C)CNC(=O)NCCc1cc2cc(C(C)C)ccc2[nH]c1=O. The van der Waals surface area contributed by atoms with Crippen LogP contribution in [0.25, 0.3) is 10.9 Å². The minimum atomic E-state index is -0.192. The Morgan fingerprint density at radius 2 is 1.88 bits per heavy atom. The normalized spacial score (nSPS) is 11.2. The molecule has 24 heavy (non-hydrogen) atoms. The lowest BCUT2D eigenvalue weighted by molar-refractivity contribution is 0.239. The lowest BCUT2D eigenvalue weighted by Gasteiger charge is -2.10. The van der Waals surface area contributed by atoms with Crippen LogP contribution >= 0.6 is 0 Å². The molecule has 0 unspecified atom stereocenters. The Bertz CT molecular complexity index is 763. The van der Waals surface area contributed by atoms with Gasteiger partial charge < -0.3 is 15.6 Å². The van der Waals surface area contributed by atoms with E-state index in [2.05, 4.69) is 35.5 Å². The number of carbonyl (C=O) groups is 1. The standard InChI is InChI=1S/C19H27N3O2/c1-12(2)11-21-19(24)20-8-7-15-10-16-9-14(13(3)4)5-6-17(16)22-18(15)23/h5-6,9-10,12-13H,7-8,11H2,1-4H3,(H,22,23)(H2,20,21,24). The minimum Gasteiger partial charge on any atom is -0.338 e. The number of aromatic amines is 1. The number of benzene rings is 1. The van der Waals surface area contributed by atoms with Crippen molar-refractivity contribution in [1.29, 1.82) is 0 Å². The van der Waals surface area contributed by atoms with Crippen molar-refractivity contribution in [3.05, 3.63) is 45.7 Å². The highest BCUT2D eigenvalue weighted by Crippen LogP contribution is 2.20. The van der Waals surface area contributed by atoms with Crippen molar-refractivity contribution in [3.63, 3.8) is 0 Å². The Kier molecular flexibility index (Phi) is 6.01. The van der Waals surface area contributed by atoms with E-state index in [0.717, 1.165) is 10.9 Å². The van der Waals surface area contributed by atoms with Gasteiger partial charge in [0, 0.05) is 24.2 Å². The molecule has 2 aromatic rings. The number of hydrogen-bond donors (Lipinski definition) is 3. The largest absolute Gasteiger partial charge is 0.338 e. The van der Waals surface area contributed by atoms with E-state index in [9.17, 15) is 9.59 Å². The van der Waals surface area contributed by atoms with Crippen LogP contribution in [-0.4, -0.2) is 24.1 Å². The molecule has 0 saturated carbocycles. The number of carbonyl (C=O) groups excluding carboxylic acids is 1. The first kappa shape index (κ1) is 18.0. The van der Waals surface area contributed by atoms with Crippen LogP contribution in [0.1, 0.15) is 44.7 Å². The Morgan fingerprint density at radius 3 is 2.54 bits per heavy atom. The van der Waals surface area contributed by atoms with E-state index >= 15 is 0 Å². The van der Waals surface area contributed by atoms with Gasteiger partial charge in [0.2, 0.25) is 0 Å². The highest BCUT2D eigenvalue weighted by atomic mass is 16.2. The topological polar surface area (TPSA) is 74.0 Å². The smallest absolute Gasteiger partial charge is 0.314 e. The van der Waals surface area contributed by atoms with E-state index in [1.807, 2.05) is 32.0 Å². The Morgan fingerprint density at radius 1 is 1.12 bits per heavy atom. The van der Waals surface area contributed by atoms with Gasteiger partial charge in [0.15, 0.2) is 0 Å². The number of urea groups is 1. The highest BCUT2D eigenvalue weighted by molar-refractivity contribution is 5.80. The summed E-state index contributed by atoms with van der Waals surface area (Å²) in [5.74, 6) is 0.852. The summed E-state index contributed by atoms with van der Waals surface area (Å²) in [6.45, 7) is 9.45. The van der Waals surface area contributed by atoms with Crippen LogP contribution in [0.3, 0.4) is 0 Å². The van der Waals surface area contributed by atoms with Crippen molar-refractivity contribution in [3.8, 4) is 0 Å². The van der Waals surface area contributed by atoms with Crippen LogP contribution in [0.4, 0.5) is 4.79 Å². The first-order chi connectivity index (χ1) is 11.4. The fourth-order valence-corrected chi connectivity index (χ4v) is 2.49. The second kappa shape index (κ2) is 7.99. The highest BCUT2D eigenvalue weighted by Gasteiger charge is 2.07. The van der Waals surface area contributed by atoms with Gasteiger partial charge in [-0.1, -0.05) is 33.8 Å². The third-order valence-corrected chi connectivity index (χ3v) is 3.96. The molecular formula is C19H27N3O2. The molecule has 0 radical (unpaired) electrons. The molecule has 0 atom stereocenters. The molecule has 1 aromatic carbocycles.